The van der Waals surface area contributed by atoms with Crippen molar-refractivity contribution in [1.29, 1.82) is 0 Å². The quantitative estimate of drug-likeness (QED) is 0.740. The Hall–Kier alpha value is -0.830. The lowest BCUT2D eigenvalue weighted by atomic mass is 10.1. The van der Waals surface area contributed by atoms with Gasteiger partial charge in [-0.15, -0.1) is 0 Å². The van der Waals surface area contributed by atoms with Crippen molar-refractivity contribution in [2.24, 2.45) is 5.92 Å². The summed E-state index contributed by atoms with van der Waals surface area (Å²) >= 11 is 18.4. The second kappa shape index (κ2) is 5.28. The molecule has 1 fully saturated rings. The molecule has 19 heavy (non-hydrogen) atoms. The van der Waals surface area contributed by atoms with E-state index in [4.69, 9.17) is 34.8 Å². The Morgan fingerprint density at radius 1 is 0.947 bits per heavy atom. The van der Waals surface area contributed by atoms with Gasteiger partial charge in [-0.1, -0.05) is 46.9 Å². The topological polar surface area (TPSA) is 25.8 Å². The lowest BCUT2D eigenvalue weighted by Gasteiger charge is -2.08. The molecule has 0 amide bonds. The van der Waals surface area contributed by atoms with Crippen LogP contribution >= 0.6 is 34.8 Å². The van der Waals surface area contributed by atoms with Crippen LogP contribution < -0.4 is 0 Å². The summed E-state index contributed by atoms with van der Waals surface area (Å²) in [7, 11) is 0. The van der Waals surface area contributed by atoms with Crippen LogP contribution in [0.5, 0.6) is 0 Å². The van der Waals surface area contributed by atoms with Gasteiger partial charge in [0.1, 0.15) is 16.1 Å². The van der Waals surface area contributed by atoms with E-state index in [0.717, 1.165) is 17.8 Å². The predicted molar refractivity (Wildman–Crippen MR) is 78.9 cm³/mol. The van der Waals surface area contributed by atoms with Crippen LogP contribution in [-0.4, -0.2) is 9.97 Å². The molecule has 0 aliphatic heterocycles. The monoisotopic (exact) mass is 312 g/mol. The molecule has 2 aromatic rings. The molecule has 0 unspecified atom stereocenters. The molecule has 0 bridgehead atoms. The van der Waals surface area contributed by atoms with Crippen molar-refractivity contribution in [3.8, 4) is 11.1 Å². The van der Waals surface area contributed by atoms with Crippen LogP contribution in [0, 0.1) is 5.92 Å². The van der Waals surface area contributed by atoms with Crippen molar-refractivity contribution in [2.75, 3.05) is 0 Å². The summed E-state index contributed by atoms with van der Waals surface area (Å²) in [6, 6.07) is 7.31. The van der Waals surface area contributed by atoms with Gasteiger partial charge in [0, 0.05) is 11.4 Å². The molecule has 5 heteroatoms. The van der Waals surface area contributed by atoms with Crippen LogP contribution in [0.15, 0.2) is 24.3 Å². The second-order valence-electron chi connectivity index (χ2n) is 4.75. The molecule has 0 spiro atoms. The van der Waals surface area contributed by atoms with Crippen molar-refractivity contribution < 1.29 is 0 Å². The minimum absolute atomic E-state index is 0.401. The highest BCUT2D eigenvalue weighted by molar-refractivity contribution is 6.37. The maximum absolute atomic E-state index is 6.24. The Labute approximate surface area is 126 Å². The molecule has 1 aromatic heterocycles. The van der Waals surface area contributed by atoms with Crippen molar-refractivity contribution >= 4 is 34.8 Å². The maximum atomic E-state index is 6.24. The Bertz CT molecular complexity index is 584. The summed E-state index contributed by atoms with van der Waals surface area (Å²) in [5.74, 6) is 1.43. The summed E-state index contributed by atoms with van der Waals surface area (Å²) in [5, 5.41) is 1.47. The summed E-state index contributed by atoms with van der Waals surface area (Å²) in [5.41, 5.74) is 1.54. The van der Waals surface area contributed by atoms with E-state index < -0.39 is 0 Å². The fourth-order valence-electron chi connectivity index (χ4n) is 1.97. The molecular formula is C14H11Cl3N2. The Balaban J connectivity index is 1.98. The van der Waals surface area contributed by atoms with Crippen molar-refractivity contribution in [3.63, 3.8) is 0 Å². The summed E-state index contributed by atoms with van der Waals surface area (Å²) in [6.07, 6.45) is 3.36. The molecule has 0 radical (unpaired) electrons. The molecule has 0 saturated heterocycles. The zero-order chi connectivity index (χ0) is 13.4. The maximum Gasteiger partial charge on any atom is 0.142 e. The number of halogens is 3. The number of aromatic nitrogens is 2. The molecule has 2 nitrogen and oxygen atoms in total. The third-order valence-electron chi connectivity index (χ3n) is 3.17. The van der Waals surface area contributed by atoms with E-state index in [1.807, 2.05) is 12.1 Å². The summed E-state index contributed by atoms with van der Waals surface area (Å²) in [4.78, 5) is 8.70. The molecule has 3 rings (SSSR count). The van der Waals surface area contributed by atoms with E-state index >= 15 is 0 Å². The largest absolute Gasteiger partial charge is 0.220 e. The van der Waals surface area contributed by atoms with Crippen molar-refractivity contribution in [3.05, 3.63) is 45.4 Å². The van der Waals surface area contributed by atoms with E-state index in [9.17, 15) is 0 Å². The fraction of sp³-hybridized carbons (Fsp3) is 0.286. The van der Waals surface area contributed by atoms with Gasteiger partial charge in [-0.25, -0.2) is 9.97 Å². The number of nitrogens with zero attached hydrogens (tertiary/aromatic N) is 2. The van der Waals surface area contributed by atoms with Gasteiger partial charge in [0.05, 0.1) is 5.56 Å². The van der Waals surface area contributed by atoms with Crippen molar-refractivity contribution in [1.82, 2.24) is 9.97 Å². The fourth-order valence-corrected chi connectivity index (χ4v) is 2.74. The smallest absolute Gasteiger partial charge is 0.142 e. The van der Waals surface area contributed by atoms with Gasteiger partial charge in [-0.3, -0.25) is 0 Å². The zero-order valence-electron chi connectivity index (χ0n) is 10.0. The molecule has 1 heterocycles. The van der Waals surface area contributed by atoms with Gasteiger partial charge in [0.2, 0.25) is 0 Å². The van der Waals surface area contributed by atoms with Crippen LogP contribution in [0.4, 0.5) is 0 Å². The van der Waals surface area contributed by atoms with Crippen LogP contribution in [0.3, 0.4) is 0 Å². The minimum atomic E-state index is 0.401. The molecule has 1 aliphatic carbocycles. The minimum Gasteiger partial charge on any atom is -0.220 e. The van der Waals surface area contributed by atoms with E-state index in [1.54, 1.807) is 12.1 Å². The highest BCUT2D eigenvalue weighted by Crippen LogP contribution is 2.36. The predicted octanol–water partition coefficient (Wildman–Crippen LogP) is 5.06. The number of rotatable bonds is 3. The molecule has 0 N–H and O–H groups in total. The highest BCUT2D eigenvalue weighted by Gasteiger charge is 2.24. The molecule has 0 atom stereocenters. The first-order valence-electron chi connectivity index (χ1n) is 6.11. The normalized spacial score (nSPS) is 14.7. The molecule has 98 valence electrons. The third-order valence-corrected chi connectivity index (χ3v) is 3.97. The molecule has 1 aliphatic rings. The molecule has 1 saturated carbocycles. The summed E-state index contributed by atoms with van der Waals surface area (Å²) in [6.45, 7) is 0. The van der Waals surface area contributed by atoms with Crippen LogP contribution in [0.25, 0.3) is 11.1 Å². The average molecular weight is 314 g/mol. The first-order chi connectivity index (χ1) is 9.13. The zero-order valence-corrected chi connectivity index (χ0v) is 12.3. The lowest BCUT2D eigenvalue weighted by Crippen LogP contribution is -1.99. The van der Waals surface area contributed by atoms with E-state index in [2.05, 4.69) is 9.97 Å². The van der Waals surface area contributed by atoms with Gasteiger partial charge in [0.15, 0.2) is 0 Å². The molecular weight excluding hydrogens is 303 g/mol. The Kier molecular flexibility index (Phi) is 3.66. The van der Waals surface area contributed by atoms with Gasteiger partial charge in [-0.2, -0.15) is 0 Å². The summed E-state index contributed by atoms with van der Waals surface area (Å²) < 4.78 is 0. The van der Waals surface area contributed by atoms with E-state index in [0.29, 0.717) is 26.8 Å². The first-order valence-corrected chi connectivity index (χ1v) is 7.24. The first kappa shape index (κ1) is 13.2. The Morgan fingerprint density at radius 2 is 1.53 bits per heavy atom. The van der Waals surface area contributed by atoms with Crippen LogP contribution in [-0.2, 0) is 6.42 Å². The SMILES string of the molecule is Clc1ccc(-c2c(Cl)nc(CC3CC3)nc2Cl)cc1. The average Bonchev–Trinajstić information content (AvgIpc) is 3.14. The van der Waals surface area contributed by atoms with Crippen LogP contribution in [0.1, 0.15) is 18.7 Å². The van der Waals surface area contributed by atoms with Gasteiger partial charge in [0.25, 0.3) is 0 Å². The third kappa shape index (κ3) is 3.02. The second-order valence-corrected chi connectivity index (χ2v) is 5.90. The lowest BCUT2D eigenvalue weighted by molar-refractivity contribution is 0.770. The van der Waals surface area contributed by atoms with E-state index in [-0.39, 0.29) is 0 Å². The Morgan fingerprint density at radius 3 is 2.05 bits per heavy atom. The van der Waals surface area contributed by atoms with Crippen molar-refractivity contribution in [2.45, 2.75) is 19.3 Å². The number of benzene rings is 1. The number of hydrogen-bond donors (Lipinski definition) is 0. The van der Waals surface area contributed by atoms with Gasteiger partial charge >= 0.3 is 0 Å². The molecule has 1 aromatic carbocycles. The van der Waals surface area contributed by atoms with Gasteiger partial charge in [-0.05, 0) is 36.5 Å². The van der Waals surface area contributed by atoms with Gasteiger partial charge < -0.3 is 0 Å². The number of hydrogen-bond acceptors (Lipinski definition) is 2. The standard InChI is InChI=1S/C14H11Cl3N2/c15-10-5-3-9(4-6-10)12-13(16)18-11(19-14(12)17)7-8-1-2-8/h3-6,8H,1-2,7H2. The van der Waals surface area contributed by atoms with Crippen LogP contribution in [0.2, 0.25) is 15.3 Å². The van der Waals surface area contributed by atoms with E-state index in [1.165, 1.54) is 12.8 Å². The highest BCUT2D eigenvalue weighted by atomic mass is 35.5.